The van der Waals surface area contributed by atoms with Gasteiger partial charge in [-0.25, -0.2) is 26.3 Å². The first-order valence-corrected chi connectivity index (χ1v) is 6.82. The van der Waals surface area contributed by atoms with E-state index in [4.69, 9.17) is 22.2 Å². The largest absolute Gasteiger partial charge is 0.210 e. The maximum absolute atomic E-state index is 14.5. The van der Waals surface area contributed by atoms with Gasteiger partial charge >= 0.3 is 0 Å². The third-order valence-corrected chi connectivity index (χ3v) is 3.94. The van der Waals surface area contributed by atoms with E-state index in [2.05, 4.69) is 0 Å². The standard InChI is InChI=1S/C17H5F6N3/c1-2-6(3-24)8-12(18)10-11(16(22)14(8)20)13(19)9(7(4-25)5-26)15(21)17(10)23/h1,6-9H. The lowest BCUT2D eigenvalue weighted by Gasteiger charge is -2.30. The molecule has 0 aromatic heterocycles. The number of fused-ring (bicyclic) bond motifs is 1. The fraction of sp³-hybridized carbons (Fsp3) is 0.235. The molecular formula is C17H5F6N3. The van der Waals surface area contributed by atoms with Crippen LogP contribution >= 0.6 is 0 Å². The normalized spacial score (nSPS) is 24.0. The van der Waals surface area contributed by atoms with E-state index in [0.29, 0.717) is 0 Å². The van der Waals surface area contributed by atoms with Gasteiger partial charge in [-0.2, -0.15) is 15.8 Å². The molecule has 0 radical (unpaired) electrons. The maximum atomic E-state index is 14.5. The predicted octanol–water partition coefficient (Wildman–Crippen LogP) is 4.43. The number of terminal acetylenes is 1. The Morgan fingerprint density at radius 1 is 0.654 bits per heavy atom. The summed E-state index contributed by atoms with van der Waals surface area (Å²) in [6.45, 7) is 0. The van der Waals surface area contributed by atoms with Crippen LogP contribution in [-0.4, -0.2) is 0 Å². The van der Waals surface area contributed by atoms with Gasteiger partial charge in [0.25, 0.3) is 0 Å². The Hall–Kier alpha value is -3.43. The van der Waals surface area contributed by atoms with E-state index in [1.54, 1.807) is 5.92 Å². The smallest absolute Gasteiger partial charge is 0.166 e. The van der Waals surface area contributed by atoms with Crippen molar-refractivity contribution in [2.75, 3.05) is 0 Å². The summed E-state index contributed by atoms with van der Waals surface area (Å²) in [6, 6.07) is 3.69. The van der Waals surface area contributed by atoms with Crippen molar-refractivity contribution in [3.8, 4) is 30.6 Å². The molecule has 26 heavy (non-hydrogen) atoms. The fourth-order valence-electron chi connectivity index (χ4n) is 2.68. The minimum Gasteiger partial charge on any atom is -0.210 e. The summed E-state index contributed by atoms with van der Waals surface area (Å²) < 4.78 is 86.0. The van der Waals surface area contributed by atoms with Gasteiger partial charge in [-0.15, -0.1) is 6.42 Å². The monoisotopic (exact) mass is 365 g/mol. The molecule has 0 bridgehead atoms. The van der Waals surface area contributed by atoms with E-state index < -0.39 is 69.8 Å². The average Bonchev–Trinajstić information content (AvgIpc) is 2.63. The molecule has 0 heterocycles. The van der Waals surface area contributed by atoms with Gasteiger partial charge in [-0.3, -0.25) is 0 Å². The quantitative estimate of drug-likeness (QED) is 0.537. The summed E-state index contributed by atoms with van der Waals surface area (Å²) in [5.74, 6) is -19.1. The van der Waals surface area contributed by atoms with E-state index in [1.807, 2.05) is 0 Å². The third kappa shape index (κ3) is 2.46. The minimum atomic E-state index is -2.48. The molecule has 0 aliphatic heterocycles. The molecule has 0 aromatic rings. The zero-order chi connectivity index (χ0) is 19.8. The number of hydrogen-bond donors (Lipinski definition) is 0. The van der Waals surface area contributed by atoms with Gasteiger partial charge in [0, 0.05) is 0 Å². The summed E-state index contributed by atoms with van der Waals surface area (Å²) in [6.07, 6.45) is 4.93. The van der Waals surface area contributed by atoms with E-state index in [1.165, 1.54) is 18.2 Å². The van der Waals surface area contributed by atoms with Crippen molar-refractivity contribution < 1.29 is 26.3 Å². The molecule has 0 amide bonds. The minimum absolute atomic E-state index is 1.19. The van der Waals surface area contributed by atoms with Gasteiger partial charge in [-0.05, 0) is 0 Å². The molecule has 130 valence electrons. The van der Waals surface area contributed by atoms with E-state index in [9.17, 15) is 26.3 Å². The molecule has 2 aliphatic carbocycles. The van der Waals surface area contributed by atoms with Gasteiger partial charge < -0.3 is 0 Å². The fourth-order valence-corrected chi connectivity index (χ4v) is 2.68. The first-order chi connectivity index (χ1) is 12.3. The maximum Gasteiger partial charge on any atom is 0.166 e. The zero-order valence-corrected chi connectivity index (χ0v) is 12.5. The molecule has 0 fully saturated rings. The summed E-state index contributed by atoms with van der Waals surface area (Å²) >= 11 is 0. The Balaban J connectivity index is 2.85. The highest BCUT2D eigenvalue weighted by Gasteiger charge is 2.48. The molecule has 0 N–H and O–H groups in total. The molecular weight excluding hydrogens is 360 g/mol. The third-order valence-electron chi connectivity index (χ3n) is 3.94. The van der Waals surface area contributed by atoms with Crippen LogP contribution in [0.2, 0.25) is 0 Å². The number of rotatable bonds is 2. The molecule has 2 rings (SSSR count). The number of halogens is 6. The Morgan fingerprint density at radius 2 is 1.00 bits per heavy atom. The first-order valence-electron chi connectivity index (χ1n) is 6.82. The average molecular weight is 365 g/mol. The lowest BCUT2D eigenvalue weighted by molar-refractivity contribution is 0.336. The van der Waals surface area contributed by atoms with Crippen molar-refractivity contribution in [2.45, 2.75) is 0 Å². The molecule has 9 heteroatoms. The highest BCUT2D eigenvalue weighted by Crippen LogP contribution is 2.53. The summed E-state index contributed by atoms with van der Waals surface area (Å²) in [5, 5.41) is 26.3. The molecule has 3 atom stereocenters. The van der Waals surface area contributed by atoms with Crippen molar-refractivity contribution in [1.29, 1.82) is 15.8 Å². The van der Waals surface area contributed by atoms with E-state index in [0.717, 1.165) is 0 Å². The molecule has 3 nitrogen and oxygen atoms in total. The van der Waals surface area contributed by atoms with Gasteiger partial charge in [0.05, 0.1) is 41.2 Å². The van der Waals surface area contributed by atoms with Crippen LogP contribution in [-0.2, 0) is 0 Å². The van der Waals surface area contributed by atoms with Gasteiger partial charge in [-0.1, -0.05) is 5.92 Å². The number of nitrogens with zero attached hydrogens (tertiary/aromatic N) is 3. The second-order valence-corrected chi connectivity index (χ2v) is 5.23. The van der Waals surface area contributed by atoms with Crippen LogP contribution in [0.25, 0.3) is 0 Å². The van der Waals surface area contributed by atoms with Crippen LogP contribution in [0.15, 0.2) is 46.1 Å². The molecule has 0 saturated heterocycles. The highest BCUT2D eigenvalue weighted by atomic mass is 19.2. The van der Waals surface area contributed by atoms with Gasteiger partial charge in [0.1, 0.15) is 35.1 Å². The Bertz CT molecular complexity index is 866. The van der Waals surface area contributed by atoms with Crippen molar-refractivity contribution in [1.82, 2.24) is 0 Å². The first kappa shape index (κ1) is 18.9. The molecule has 0 aromatic carbocycles. The second-order valence-electron chi connectivity index (χ2n) is 5.23. The second kappa shape index (κ2) is 6.82. The summed E-state index contributed by atoms with van der Waals surface area (Å²) in [5.41, 5.74) is -3.14. The van der Waals surface area contributed by atoms with Crippen molar-refractivity contribution in [3.63, 3.8) is 0 Å². The van der Waals surface area contributed by atoms with Gasteiger partial charge in [0.2, 0.25) is 0 Å². The number of allylic oxidation sites excluding steroid dienone is 8. The molecule has 0 saturated carbocycles. The Morgan fingerprint density at radius 3 is 1.31 bits per heavy atom. The molecule has 2 aliphatic rings. The number of nitriles is 3. The van der Waals surface area contributed by atoms with Crippen molar-refractivity contribution in [2.24, 2.45) is 23.7 Å². The van der Waals surface area contributed by atoms with Crippen LogP contribution in [0.4, 0.5) is 26.3 Å². The van der Waals surface area contributed by atoms with Crippen molar-refractivity contribution >= 4 is 0 Å². The van der Waals surface area contributed by atoms with E-state index >= 15 is 0 Å². The predicted molar refractivity (Wildman–Crippen MR) is 74.4 cm³/mol. The highest BCUT2D eigenvalue weighted by molar-refractivity contribution is 5.64. The zero-order valence-electron chi connectivity index (χ0n) is 12.5. The summed E-state index contributed by atoms with van der Waals surface area (Å²) in [7, 11) is 0. The Kier molecular flexibility index (Phi) is 4.96. The van der Waals surface area contributed by atoms with Crippen LogP contribution in [0.1, 0.15) is 0 Å². The lowest BCUT2D eigenvalue weighted by atomic mass is 9.76. The Labute approximate surface area is 143 Å². The van der Waals surface area contributed by atoms with Crippen molar-refractivity contribution in [3.05, 3.63) is 46.1 Å². The van der Waals surface area contributed by atoms with Crippen LogP contribution in [0.5, 0.6) is 0 Å². The lowest BCUT2D eigenvalue weighted by Crippen LogP contribution is -2.26. The van der Waals surface area contributed by atoms with E-state index in [-0.39, 0.29) is 0 Å². The molecule has 0 spiro atoms. The van der Waals surface area contributed by atoms with Crippen LogP contribution in [0.3, 0.4) is 0 Å². The van der Waals surface area contributed by atoms with Crippen LogP contribution in [0, 0.1) is 70.0 Å². The summed E-state index contributed by atoms with van der Waals surface area (Å²) in [4.78, 5) is 0. The molecule has 3 unspecified atom stereocenters. The topological polar surface area (TPSA) is 71.4 Å². The van der Waals surface area contributed by atoms with Crippen LogP contribution < -0.4 is 0 Å². The number of hydrogen-bond acceptors (Lipinski definition) is 3. The van der Waals surface area contributed by atoms with Gasteiger partial charge in [0.15, 0.2) is 11.7 Å². The SMILES string of the molecule is C#CC(C#N)C1C(F)=C(F)C2=C(F)C(C(C#N)C#N)C(F)=C(F)C2=C1F.